The van der Waals surface area contributed by atoms with Crippen LogP contribution in [0.5, 0.6) is 0 Å². The number of aromatic nitrogens is 5. The van der Waals surface area contributed by atoms with Crippen molar-refractivity contribution in [2.24, 2.45) is 5.92 Å². The van der Waals surface area contributed by atoms with Gasteiger partial charge in [-0.15, -0.1) is 0 Å². The average Bonchev–Trinajstić information content (AvgIpc) is 3.18. The first-order chi connectivity index (χ1) is 14.9. The minimum atomic E-state index is -0.285. The zero-order valence-electron chi connectivity index (χ0n) is 17.9. The number of imidazole rings is 1. The van der Waals surface area contributed by atoms with Crippen LogP contribution in [0.25, 0.3) is 5.69 Å². The molecule has 0 radical (unpaired) electrons. The van der Waals surface area contributed by atoms with Gasteiger partial charge in [0.15, 0.2) is 0 Å². The summed E-state index contributed by atoms with van der Waals surface area (Å²) >= 11 is 0. The Balaban J connectivity index is 1.38. The number of carbonyl (C=O) groups excluding carboxylic acids is 1. The molecule has 1 saturated heterocycles. The number of nitrogens with zero attached hydrogens (tertiary/aromatic N) is 6. The van der Waals surface area contributed by atoms with Gasteiger partial charge >= 0.3 is 6.03 Å². The van der Waals surface area contributed by atoms with E-state index < -0.39 is 0 Å². The van der Waals surface area contributed by atoms with Crippen molar-refractivity contribution in [1.82, 2.24) is 29.8 Å². The van der Waals surface area contributed by atoms with Crippen LogP contribution in [0.2, 0.25) is 0 Å². The molecule has 1 saturated carbocycles. The molecule has 1 atom stereocenters. The van der Waals surface area contributed by atoms with Crippen LogP contribution in [-0.2, 0) is 5.54 Å². The van der Waals surface area contributed by atoms with Crippen molar-refractivity contribution in [1.29, 1.82) is 0 Å². The van der Waals surface area contributed by atoms with Crippen LogP contribution < -0.4 is 15.5 Å². The second-order valence-electron chi connectivity index (χ2n) is 8.64. The van der Waals surface area contributed by atoms with Crippen molar-refractivity contribution >= 4 is 17.8 Å². The average molecular weight is 419 g/mol. The van der Waals surface area contributed by atoms with Gasteiger partial charge in [-0.05, 0) is 43.9 Å². The van der Waals surface area contributed by atoms with E-state index in [1.165, 1.54) is 0 Å². The van der Waals surface area contributed by atoms with Crippen molar-refractivity contribution in [2.75, 3.05) is 16.8 Å². The summed E-state index contributed by atoms with van der Waals surface area (Å²) in [5.41, 5.74) is 2.61. The van der Waals surface area contributed by atoms with Crippen molar-refractivity contribution in [3.63, 3.8) is 0 Å². The third-order valence-electron chi connectivity index (χ3n) is 6.04. The summed E-state index contributed by atoms with van der Waals surface area (Å²) in [4.78, 5) is 32.2. The Hall–Kier alpha value is -3.49. The monoisotopic (exact) mass is 418 g/mol. The van der Waals surface area contributed by atoms with E-state index in [4.69, 9.17) is 0 Å². The van der Waals surface area contributed by atoms with Gasteiger partial charge in [-0.3, -0.25) is 9.88 Å². The smallest absolute Gasteiger partial charge is 0.323 e. The standard InChI is InChI=1S/C22H26N8O/c1-14(2)17-11-25-21(31)30(17)19-6-9-23-20(27-19)28-22(7-8-22)18-12-29(13-26-18)16-5-4-15(3)24-10-16/h4-6,9-10,12-14,17H,7-8,11H2,1-3H3,(H,25,31)(H,23,27,28). The highest BCUT2D eigenvalue weighted by Crippen LogP contribution is 2.47. The highest BCUT2D eigenvalue weighted by atomic mass is 16.2. The number of anilines is 2. The van der Waals surface area contributed by atoms with E-state index in [0.29, 0.717) is 24.2 Å². The van der Waals surface area contributed by atoms with E-state index in [0.717, 1.165) is 29.9 Å². The lowest BCUT2D eigenvalue weighted by molar-refractivity contribution is 0.251. The lowest BCUT2D eigenvalue weighted by atomic mass is 10.0. The SMILES string of the molecule is Cc1ccc(-n2cnc(C3(Nc4nccc(N5C(=O)NCC5C(C)C)n4)CC3)c2)cn1. The van der Waals surface area contributed by atoms with E-state index in [1.54, 1.807) is 17.2 Å². The summed E-state index contributed by atoms with van der Waals surface area (Å²) in [7, 11) is 0. The van der Waals surface area contributed by atoms with E-state index >= 15 is 0 Å². The fraction of sp³-hybridized carbons (Fsp3) is 0.409. The Morgan fingerprint density at radius 3 is 2.74 bits per heavy atom. The molecular weight excluding hydrogens is 392 g/mol. The largest absolute Gasteiger partial charge is 0.343 e. The van der Waals surface area contributed by atoms with E-state index in [2.05, 4.69) is 44.4 Å². The highest BCUT2D eigenvalue weighted by molar-refractivity contribution is 5.94. The third kappa shape index (κ3) is 3.60. The zero-order valence-corrected chi connectivity index (χ0v) is 17.9. The molecule has 2 fully saturated rings. The van der Waals surface area contributed by atoms with Crippen molar-refractivity contribution in [2.45, 2.75) is 45.2 Å². The first kappa shape index (κ1) is 19.5. The first-order valence-corrected chi connectivity index (χ1v) is 10.6. The molecule has 2 aliphatic rings. The summed E-state index contributed by atoms with van der Waals surface area (Å²) in [5.74, 6) is 1.43. The lowest BCUT2D eigenvalue weighted by Crippen LogP contribution is -2.38. The number of hydrogen-bond donors (Lipinski definition) is 2. The van der Waals surface area contributed by atoms with Crippen LogP contribution in [0, 0.1) is 12.8 Å². The maximum atomic E-state index is 12.4. The van der Waals surface area contributed by atoms with Gasteiger partial charge in [-0.25, -0.2) is 14.8 Å². The second-order valence-corrected chi connectivity index (χ2v) is 8.64. The van der Waals surface area contributed by atoms with Gasteiger partial charge in [-0.2, -0.15) is 4.98 Å². The number of rotatable bonds is 6. The van der Waals surface area contributed by atoms with Crippen LogP contribution in [-0.4, -0.2) is 43.1 Å². The Bertz CT molecular complexity index is 1100. The van der Waals surface area contributed by atoms with Crippen LogP contribution >= 0.6 is 0 Å². The maximum Gasteiger partial charge on any atom is 0.323 e. The Morgan fingerprint density at radius 1 is 1.19 bits per heavy atom. The molecule has 3 aromatic heterocycles. The number of amides is 2. The number of nitrogens with one attached hydrogen (secondary N) is 2. The van der Waals surface area contributed by atoms with Crippen LogP contribution in [0.1, 0.15) is 38.1 Å². The molecular formula is C22H26N8O. The summed E-state index contributed by atoms with van der Waals surface area (Å²) in [6.45, 7) is 6.81. The maximum absolute atomic E-state index is 12.4. The molecule has 9 nitrogen and oxygen atoms in total. The van der Waals surface area contributed by atoms with Gasteiger partial charge in [0.05, 0.1) is 35.5 Å². The van der Waals surface area contributed by atoms with Crippen LogP contribution in [0.15, 0.2) is 43.1 Å². The molecule has 9 heteroatoms. The van der Waals surface area contributed by atoms with Gasteiger partial charge in [0.25, 0.3) is 0 Å². The normalized spacial score (nSPS) is 19.5. The minimum absolute atomic E-state index is 0.0731. The summed E-state index contributed by atoms with van der Waals surface area (Å²) < 4.78 is 1.97. The Kier molecular flexibility index (Phi) is 4.60. The summed E-state index contributed by atoms with van der Waals surface area (Å²) in [6, 6.07) is 5.75. The molecule has 31 heavy (non-hydrogen) atoms. The Morgan fingerprint density at radius 2 is 2.03 bits per heavy atom. The fourth-order valence-electron chi connectivity index (χ4n) is 3.98. The van der Waals surface area contributed by atoms with Gasteiger partial charge in [-0.1, -0.05) is 13.8 Å². The predicted octanol–water partition coefficient (Wildman–Crippen LogP) is 3.02. The van der Waals surface area contributed by atoms with Crippen molar-refractivity contribution in [3.8, 4) is 5.69 Å². The molecule has 2 N–H and O–H groups in total. The van der Waals surface area contributed by atoms with Gasteiger partial charge < -0.3 is 15.2 Å². The Labute approximate surface area is 181 Å². The second kappa shape index (κ2) is 7.33. The fourth-order valence-corrected chi connectivity index (χ4v) is 3.98. The quantitative estimate of drug-likeness (QED) is 0.638. The molecule has 4 heterocycles. The number of aryl methyl sites for hydroxylation is 1. The molecule has 1 aliphatic heterocycles. The predicted molar refractivity (Wildman–Crippen MR) is 117 cm³/mol. The molecule has 160 valence electrons. The third-order valence-corrected chi connectivity index (χ3v) is 6.04. The van der Waals surface area contributed by atoms with Gasteiger partial charge in [0.2, 0.25) is 5.95 Å². The molecule has 1 aliphatic carbocycles. The van der Waals surface area contributed by atoms with E-state index in [-0.39, 0.29) is 17.6 Å². The molecule has 5 rings (SSSR count). The minimum Gasteiger partial charge on any atom is -0.343 e. The molecule has 0 spiro atoms. The molecule has 0 bridgehead atoms. The van der Waals surface area contributed by atoms with Gasteiger partial charge in [0, 0.05) is 24.6 Å². The van der Waals surface area contributed by atoms with Crippen LogP contribution in [0.3, 0.4) is 0 Å². The van der Waals surface area contributed by atoms with Crippen molar-refractivity contribution < 1.29 is 4.79 Å². The molecule has 3 aromatic rings. The number of carbonyl (C=O) groups is 1. The van der Waals surface area contributed by atoms with Crippen LogP contribution in [0.4, 0.5) is 16.6 Å². The topological polar surface area (TPSA) is 101 Å². The number of urea groups is 1. The molecule has 0 aromatic carbocycles. The van der Waals surface area contributed by atoms with E-state index in [1.807, 2.05) is 42.3 Å². The molecule has 1 unspecified atom stereocenters. The number of pyridine rings is 1. The zero-order chi connectivity index (χ0) is 21.6. The highest BCUT2D eigenvalue weighted by Gasteiger charge is 2.47. The molecule has 2 amide bonds. The van der Waals surface area contributed by atoms with Gasteiger partial charge in [0.1, 0.15) is 5.82 Å². The van der Waals surface area contributed by atoms with E-state index in [9.17, 15) is 4.79 Å². The number of hydrogen-bond acceptors (Lipinski definition) is 6. The summed E-state index contributed by atoms with van der Waals surface area (Å²) in [6.07, 6.45) is 9.26. The lowest BCUT2D eigenvalue weighted by Gasteiger charge is -2.25. The first-order valence-electron chi connectivity index (χ1n) is 10.6. The van der Waals surface area contributed by atoms with Crippen molar-refractivity contribution in [3.05, 3.63) is 54.5 Å². The summed E-state index contributed by atoms with van der Waals surface area (Å²) in [5, 5.41) is 6.39.